The molecule has 2 rings (SSSR count). The van der Waals surface area contributed by atoms with Crippen LogP contribution in [-0.2, 0) is 14.3 Å². The lowest BCUT2D eigenvalue weighted by molar-refractivity contribution is -0.333. The fourth-order valence-electron chi connectivity index (χ4n) is 9.34. The normalized spacial score (nSPS) is 40.7. The minimum Gasteiger partial charge on any atom is -0.458 e. The Labute approximate surface area is 406 Å². The van der Waals surface area contributed by atoms with E-state index in [-0.39, 0.29) is 56.8 Å². The lowest BCUT2D eigenvalue weighted by Crippen LogP contribution is -2.59. The van der Waals surface area contributed by atoms with Gasteiger partial charge in [-0.3, -0.25) is 4.99 Å². The first-order valence-electron chi connectivity index (χ1n) is 25.3. The van der Waals surface area contributed by atoms with Crippen LogP contribution < -0.4 is 11.1 Å². The van der Waals surface area contributed by atoms with Crippen LogP contribution in [0.4, 0.5) is 0 Å². The number of nitrogens with two attached hydrogens (primary N) is 1. The Morgan fingerprint density at radius 2 is 1.40 bits per heavy atom. The molecule has 0 spiro atoms. The number of ether oxygens (including phenoxy) is 2. The molecule has 2 bridgehead atoms. The number of carbonyl (C=O) groups is 1. The number of fused-ring (bicyclic) bond motifs is 2. The Morgan fingerprint density at radius 1 is 0.765 bits per heavy atom. The van der Waals surface area contributed by atoms with Crippen LogP contribution in [-0.4, -0.2) is 161 Å². The number of nitrogens with one attached hydrogen (secondary N) is 1. The molecule has 0 aromatic carbocycles. The second-order valence-electron chi connectivity index (χ2n) is 20.6. The number of carbonyl (C=O) groups excluding carboxylic acids is 1. The number of hydrogen-bond donors (Lipinski definition) is 13. The Bertz CT molecular complexity index is 1540. The molecular formula is C51H93N3O14. The molecule has 68 heavy (non-hydrogen) atoms. The molecule has 1 fully saturated rings. The summed E-state index contributed by atoms with van der Waals surface area (Å²) in [6, 6.07) is 0. The summed E-state index contributed by atoms with van der Waals surface area (Å²) in [5.41, 5.74) is 5.67. The number of nitrogens with zero attached hydrogens (tertiary/aromatic N) is 1. The van der Waals surface area contributed by atoms with Crippen LogP contribution in [0.3, 0.4) is 0 Å². The minimum absolute atomic E-state index is 0.0944. The molecule has 0 aliphatic carbocycles. The molecule has 20 atom stereocenters. The molecule has 20 unspecified atom stereocenters. The van der Waals surface area contributed by atoms with Crippen molar-refractivity contribution in [3.05, 3.63) is 36.5 Å². The van der Waals surface area contributed by atoms with Crippen molar-refractivity contribution in [1.29, 1.82) is 0 Å². The summed E-state index contributed by atoms with van der Waals surface area (Å²) in [6.45, 7) is 13.5. The molecule has 0 amide bonds. The van der Waals surface area contributed by atoms with Gasteiger partial charge >= 0.3 is 5.97 Å². The van der Waals surface area contributed by atoms with E-state index in [0.29, 0.717) is 11.9 Å². The van der Waals surface area contributed by atoms with Gasteiger partial charge in [-0.1, -0.05) is 85.3 Å². The van der Waals surface area contributed by atoms with Crippen molar-refractivity contribution >= 4 is 11.9 Å². The highest BCUT2D eigenvalue weighted by Gasteiger charge is 2.50. The van der Waals surface area contributed by atoms with Gasteiger partial charge in [-0.2, -0.15) is 0 Å². The largest absolute Gasteiger partial charge is 0.458 e. The third kappa shape index (κ3) is 21.9. The Kier molecular flexibility index (Phi) is 28.1. The van der Waals surface area contributed by atoms with Gasteiger partial charge in [-0.15, -0.1) is 0 Å². The zero-order valence-electron chi connectivity index (χ0n) is 42.2. The molecule has 0 aromatic rings. The van der Waals surface area contributed by atoms with Crippen LogP contribution in [0, 0.1) is 41.4 Å². The molecule has 14 N–H and O–H groups in total. The molecule has 396 valence electrons. The van der Waals surface area contributed by atoms with Crippen molar-refractivity contribution in [2.75, 3.05) is 13.6 Å². The maximum Gasteiger partial charge on any atom is 0.330 e. The predicted octanol–water partition coefficient (Wildman–Crippen LogP) is 2.73. The fraction of sp³-hybridized carbons (Fsp3) is 0.843. The average molecular weight is 972 g/mol. The standard InChI is InChI=1S/C51H93N3O14/c1-30(15-13-11-9-10-12-14-22-54-50(52)53-8)23-34(5)48-33(4)17-20-41(58)35(6)43(60)26-38(56)24-37(55)25-39-27-45(62)49(65)51(66,68-39)29-46(63)32(3)16-19-40(57)36(7)44(61)28-42(59)31(2)18-21-47(64)67-48/h9-10,17-18,20-21,30-46,48-49,55-63,65-66H,11-16,19,22-29H2,1-8H3,(H3,52,53,54)/b10-9+,20-17+,21-18+. The number of aliphatic hydroxyl groups excluding tert-OH is 10. The average Bonchev–Trinajstić information content (AvgIpc) is 3.27. The van der Waals surface area contributed by atoms with Crippen molar-refractivity contribution in [3.63, 3.8) is 0 Å². The van der Waals surface area contributed by atoms with E-state index >= 15 is 0 Å². The SMILES string of the molecule is CN=C(N)NCCC/C=C/CCCC(C)CC(C)C1OC(=O)/C=C/C(C)C(O)CC(O)C(C)C(O)CCC(C)C(O)CC2(O)OC(CC(O)CC(O)CC(O)C(C)C(O)/C=C/C1C)CC(O)C2O. The summed E-state index contributed by atoms with van der Waals surface area (Å²) in [4.78, 5) is 17.3. The molecular weight excluding hydrogens is 879 g/mol. The molecule has 2 aliphatic rings. The summed E-state index contributed by atoms with van der Waals surface area (Å²) in [5, 5.41) is 124. The van der Waals surface area contributed by atoms with E-state index in [1.54, 1.807) is 46.9 Å². The van der Waals surface area contributed by atoms with Gasteiger partial charge in [0.15, 0.2) is 11.7 Å². The van der Waals surface area contributed by atoms with Crippen LogP contribution in [0.1, 0.15) is 138 Å². The van der Waals surface area contributed by atoms with Crippen LogP contribution in [0.25, 0.3) is 0 Å². The molecule has 2 aliphatic heterocycles. The summed E-state index contributed by atoms with van der Waals surface area (Å²) in [6.07, 6.45) is 1.10. The number of esters is 1. The molecule has 2 heterocycles. The van der Waals surface area contributed by atoms with Crippen LogP contribution in [0.5, 0.6) is 0 Å². The number of cyclic esters (lactones) is 1. The van der Waals surface area contributed by atoms with Crippen LogP contribution in [0.2, 0.25) is 0 Å². The second kappa shape index (κ2) is 31.0. The minimum atomic E-state index is -2.38. The van der Waals surface area contributed by atoms with Crippen LogP contribution in [0.15, 0.2) is 41.4 Å². The monoisotopic (exact) mass is 972 g/mol. The van der Waals surface area contributed by atoms with Gasteiger partial charge in [0.25, 0.3) is 0 Å². The smallest absolute Gasteiger partial charge is 0.330 e. The number of unbranched alkanes of at least 4 members (excludes halogenated alkanes) is 2. The molecule has 0 aromatic heterocycles. The summed E-state index contributed by atoms with van der Waals surface area (Å²) < 4.78 is 11.9. The third-order valence-electron chi connectivity index (χ3n) is 14.4. The highest BCUT2D eigenvalue weighted by atomic mass is 16.7. The van der Waals surface area contributed by atoms with Gasteiger partial charge in [-0.25, -0.2) is 4.79 Å². The topological polar surface area (TPSA) is 308 Å². The summed E-state index contributed by atoms with van der Waals surface area (Å²) in [5.74, 6) is -5.26. The summed E-state index contributed by atoms with van der Waals surface area (Å²) >= 11 is 0. The van der Waals surface area contributed by atoms with Crippen molar-refractivity contribution in [1.82, 2.24) is 5.32 Å². The molecule has 0 radical (unpaired) electrons. The number of hydrogen-bond acceptors (Lipinski definition) is 15. The van der Waals surface area contributed by atoms with E-state index < -0.39 is 115 Å². The Balaban J connectivity index is 2.28. The summed E-state index contributed by atoms with van der Waals surface area (Å²) in [7, 11) is 1.64. The predicted molar refractivity (Wildman–Crippen MR) is 262 cm³/mol. The number of guanidine groups is 1. The van der Waals surface area contributed by atoms with Gasteiger partial charge in [-0.05, 0) is 82.0 Å². The first-order chi connectivity index (χ1) is 31.9. The molecule has 17 heteroatoms. The number of rotatable bonds is 11. The second-order valence-corrected chi connectivity index (χ2v) is 20.6. The fourth-order valence-corrected chi connectivity index (χ4v) is 9.34. The van der Waals surface area contributed by atoms with Crippen molar-refractivity contribution < 1.29 is 70.4 Å². The van der Waals surface area contributed by atoms with Gasteiger partial charge in [0.05, 0.1) is 61.0 Å². The van der Waals surface area contributed by atoms with E-state index in [2.05, 4.69) is 29.4 Å². The Hall–Kier alpha value is -2.52. The van der Waals surface area contributed by atoms with E-state index in [4.69, 9.17) is 15.2 Å². The van der Waals surface area contributed by atoms with Crippen molar-refractivity contribution in [2.45, 2.75) is 217 Å². The third-order valence-corrected chi connectivity index (χ3v) is 14.4. The van der Waals surface area contributed by atoms with Gasteiger partial charge < -0.3 is 76.7 Å². The lowest BCUT2D eigenvalue weighted by atomic mass is 9.83. The van der Waals surface area contributed by atoms with Crippen molar-refractivity contribution in [2.24, 2.45) is 52.2 Å². The van der Waals surface area contributed by atoms with E-state index in [1.165, 1.54) is 12.2 Å². The quantitative estimate of drug-likeness (QED) is 0.0466. The highest BCUT2D eigenvalue weighted by molar-refractivity contribution is 5.82. The van der Waals surface area contributed by atoms with E-state index in [0.717, 1.165) is 45.1 Å². The van der Waals surface area contributed by atoms with Crippen LogP contribution >= 0.6 is 0 Å². The maximum absolute atomic E-state index is 13.4. The zero-order valence-corrected chi connectivity index (χ0v) is 42.2. The van der Waals surface area contributed by atoms with Gasteiger partial charge in [0, 0.05) is 62.6 Å². The molecule has 1 saturated heterocycles. The first kappa shape index (κ1) is 61.6. The number of aliphatic imine (C=N–C) groups is 1. The van der Waals surface area contributed by atoms with Gasteiger partial charge in [0.1, 0.15) is 12.2 Å². The lowest BCUT2D eigenvalue weighted by Gasteiger charge is -2.45. The molecule has 17 nitrogen and oxygen atoms in total. The zero-order chi connectivity index (χ0) is 51.3. The first-order valence-corrected chi connectivity index (χ1v) is 25.3. The molecule has 0 saturated carbocycles. The van der Waals surface area contributed by atoms with Crippen molar-refractivity contribution in [3.8, 4) is 0 Å². The highest BCUT2D eigenvalue weighted by Crippen LogP contribution is 2.36. The van der Waals surface area contributed by atoms with E-state index in [9.17, 15) is 61.0 Å². The van der Waals surface area contributed by atoms with E-state index in [1.807, 2.05) is 13.8 Å². The number of allylic oxidation sites excluding steroid dienone is 2. The number of aliphatic hydroxyl groups is 11. The Morgan fingerprint density at radius 3 is 2.06 bits per heavy atom. The van der Waals surface area contributed by atoms with Gasteiger partial charge in [0.2, 0.25) is 0 Å². The maximum atomic E-state index is 13.4.